The highest BCUT2D eigenvalue weighted by Gasteiger charge is 2.27. The molecule has 1 aliphatic heterocycles. The van der Waals surface area contributed by atoms with Crippen molar-refractivity contribution in [3.8, 4) is 11.1 Å². The SMILES string of the molecule is C=C(Nc1cc2cc(-c3cnn(C)c3)ccc2cn1)c1cnc(N2CC(CC)C2)s1. The number of pyridine rings is 1. The fourth-order valence-electron chi connectivity index (χ4n) is 3.71. The molecular weight excluding hydrogens is 392 g/mol. The Morgan fingerprint density at radius 3 is 2.77 bits per heavy atom. The normalized spacial score (nSPS) is 14.1. The number of hydrogen-bond acceptors (Lipinski definition) is 6. The Hall–Kier alpha value is -3.19. The van der Waals surface area contributed by atoms with Gasteiger partial charge >= 0.3 is 0 Å². The smallest absolute Gasteiger partial charge is 0.185 e. The van der Waals surface area contributed by atoms with E-state index in [1.165, 1.54) is 6.42 Å². The van der Waals surface area contributed by atoms with Crippen molar-refractivity contribution in [2.45, 2.75) is 13.3 Å². The van der Waals surface area contributed by atoms with Crippen LogP contribution in [-0.2, 0) is 7.05 Å². The van der Waals surface area contributed by atoms with Crippen LogP contribution < -0.4 is 10.2 Å². The lowest BCUT2D eigenvalue weighted by Gasteiger charge is -2.38. The number of aromatic nitrogens is 4. The second-order valence-electron chi connectivity index (χ2n) is 7.82. The molecule has 30 heavy (non-hydrogen) atoms. The lowest BCUT2D eigenvalue weighted by molar-refractivity contribution is 0.398. The molecule has 1 saturated heterocycles. The van der Waals surface area contributed by atoms with Gasteiger partial charge in [-0.05, 0) is 35.4 Å². The van der Waals surface area contributed by atoms with Crippen LogP contribution in [0.5, 0.6) is 0 Å². The van der Waals surface area contributed by atoms with Crippen molar-refractivity contribution >= 4 is 38.8 Å². The molecule has 4 heterocycles. The standard InChI is InChI=1S/C23H24N6S/c1-4-16-12-29(13-16)23-25-11-21(30-23)15(2)27-22-8-19-7-17(5-6-18(19)9-24-22)20-10-26-28(3)14-20/h5-11,14,16H,2,4,12-13H2,1,3H3,(H,24,27). The van der Waals surface area contributed by atoms with Gasteiger partial charge < -0.3 is 10.2 Å². The van der Waals surface area contributed by atoms with Gasteiger partial charge in [0.05, 0.1) is 16.8 Å². The van der Waals surface area contributed by atoms with Gasteiger partial charge in [-0.3, -0.25) is 4.68 Å². The van der Waals surface area contributed by atoms with E-state index in [9.17, 15) is 0 Å². The minimum atomic E-state index is 0.779. The molecule has 0 aliphatic carbocycles. The summed E-state index contributed by atoms with van der Waals surface area (Å²) in [5.74, 6) is 1.58. The van der Waals surface area contributed by atoms with E-state index in [0.29, 0.717) is 0 Å². The summed E-state index contributed by atoms with van der Waals surface area (Å²) in [5, 5.41) is 10.9. The minimum absolute atomic E-state index is 0.779. The topological polar surface area (TPSA) is 58.9 Å². The first-order chi connectivity index (χ1) is 14.6. The highest BCUT2D eigenvalue weighted by atomic mass is 32.1. The average Bonchev–Trinajstić information content (AvgIpc) is 3.36. The fraction of sp³-hybridized carbons (Fsp3) is 0.261. The van der Waals surface area contributed by atoms with Crippen LogP contribution in [0.25, 0.3) is 27.6 Å². The summed E-state index contributed by atoms with van der Waals surface area (Å²) >= 11 is 1.68. The quantitative estimate of drug-likeness (QED) is 0.478. The summed E-state index contributed by atoms with van der Waals surface area (Å²) in [4.78, 5) is 12.5. The van der Waals surface area contributed by atoms with E-state index in [4.69, 9.17) is 0 Å². The summed E-state index contributed by atoms with van der Waals surface area (Å²) in [6.45, 7) is 8.66. The Kier molecular flexibility index (Phi) is 4.75. The first-order valence-corrected chi connectivity index (χ1v) is 11.0. The van der Waals surface area contributed by atoms with Crippen LogP contribution in [0.2, 0.25) is 0 Å². The molecule has 4 aromatic rings. The third-order valence-electron chi connectivity index (χ3n) is 5.63. The summed E-state index contributed by atoms with van der Waals surface area (Å²) < 4.78 is 1.81. The number of aryl methyl sites for hydroxylation is 1. The van der Waals surface area contributed by atoms with Crippen molar-refractivity contribution in [3.63, 3.8) is 0 Å². The first kappa shape index (κ1) is 18.8. The minimum Gasteiger partial charge on any atom is -0.347 e. The molecule has 152 valence electrons. The Bertz CT molecular complexity index is 1220. The molecule has 1 aromatic carbocycles. The van der Waals surface area contributed by atoms with Gasteiger partial charge in [0.25, 0.3) is 0 Å². The van der Waals surface area contributed by atoms with Gasteiger partial charge in [-0.1, -0.05) is 37.0 Å². The monoisotopic (exact) mass is 416 g/mol. The molecular formula is C23H24N6S. The van der Waals surface area contributed by atoms with Gasteiger partial charge in [0.1, 0.15) is 5.82 Å². The average molecular weight is 417 g/mol. The molecule has 0 unspecified atom stereocenters. The van der Waals surface area contributed by atoms with Crippen LogP contribution in [0.15, 0.2) is 55.6 Å². The highest BCUT2D eigenvalue weighted by molar-refractivity contribution is 7.16. The number of nitrogens with zero attached hydrogens (tertiary/aromatic N) is 5. The molecule has 1 aliphatic rings. The second-order valence-corrected chi connectivity index (χ2v) is 8.83. The molecule has 0 amide bonds. The van der Waals surface area contributed by atoms with Crippen LogP contribution in [0.1, 0.15) is 18.2 Å². The van der Waals surface area contributed by atoms with E-state index in [1.54, 1.807) is 11.3 Å². The number of rotatable bonds is 6. The predicted octanol–water partition coefficient (Wildman–Crippen LogP) is 5.02. The van der Waals surface area contributed by atoms with Gasteiger partial charge in [-0.2, -0.15) is 5.10 Å². The molecule has 0 bridgehead atoms. The van der Waals surface area contributed by atoms with Gasteiger partial charge in [0.15, 0.2) is 5.13 Å². The number of benzene rings is 1. The molecule has 0 saturated carbocycles. The van der Waals surface area contributed by atoms with Crippen LogP contribution >= 0.6 is 11.3 Å². The maximum absolute atomic E-state index is 4.58. The second kappa shape index (κ2) is 7.57. The van der Waals surface area contributed by atoms with E-state index < -0.39 is 0 Å². The zero-order chi connectivity index (χ0) is 20.7. The summed E-state index contributed by atoms with van der Waals surface area (Å²) in [5.41, 5.74) is 3.06. The van der Waals surface area contributed by atoms with E-state index >= 15 is 0 Å². The molecule has 1 fully saturated rings. The molecule has 7 heteroatoms. The van der Waals surface area contributed by atoms with Crippen molar-refractivity contribution < 1.29 is 0 Å². The number of nitrogens with one attached hydrogen (secondary N) is 1. The number of hydrogen-bond donors (Lipinski definition) is 1. The number of fused-ring (bicyclic) bond motifs is 1. The van der Waals surface area contributed by atoms with Gasteiger partial charge in [0, 0.05) is 49.7 Å². The predicted molar refractivity (Wildman–Crippen MR) is 125 cm³/mol. The molecule has 0 atom stereocenters. The fourth-order valence-corrected chi connectivity index (χ4v) is 4.57. The third kappa shape index (κ3) is 3.57. The van der Waals surface area contributed by atoms with E-state index in [1.807, 2.05) is 36.5 Å². The van der Waals surface area contributed by atoms with Gasteiger partial charge in [-0.25, -0.2) is 9.97 Å². The van der Waals surface area contributed by atoms with Crippen LogP contribution in [0.4, 0.5) is 10.9 Å². The summed E-state index contributed by atoms with van der Waals surface area (Å²) in [6.07, 6.45) is 8.92. The lowest BCUT2D eigenvalue weighted by atomic mass is 9.98. The Balaban J connectivity index is 1.33. The molecule has 6 nitrogen and oxygen atoms in total. The Morgan fingerprint density at radius 2 is 2.00 bits per heavy atom. The van der Waals surface area contributed by atoms with E-state index in [0.717, 1.165) is 62.4 Å². The maximum atomic E-state index is 4.58. The number of thiazole rings is 1. The van der Waals surface area contributed by atoms with Gasteiger partial charge in [0.2, 0.25) is 0 Å². The van der Waals surface area contributed by atoms with Crippen molar-refractivity contribution in [2.75, 3.05) is 23.3 Å². The lowest BCUT2D eigenvalue weighted by Crippen LogP contribution is -2.46. The van der Waals surface area contributed by atoms with Crippen molar-refractivity contribution in [3.05, 3.63) is 60.5 Å². The van der Waals surface area contributed by atoms with E-state index in [-0.39, 0.29) is 0 Å². The molecule has 3 aromatic heterocycles. The van der Waals surface area contributed by atoms with Crippen LogP contribution in [0, 0.1) is 5.92 Å². The zero-order valence-electron chi connectivity index (χ0n) is 17.2. The van der Waals surface area contributed by atoms with Crippen molar-refractivity contribution in [1.82, 2.24) is 19.7 Å². The molecule has 0 radical (unpaired) electrons. The van der Waals surface area contributed by atoms with Crippen LogP contribution in [0.3, 0.4) is 0 Å². The number of anilines is 2. The Morgan fingerprint density at radius 1 is 1.13 bits per heavy atom. The maximum Gasteiger partial charge on any atom is 0.185 e. The molecule has 5 rings (SSSR count). The highest BCUT2D eigenvalue weighted by Crippen LogP contribution is 2.33. The Labute approximate surface area is 179 Å². The van der Waals surface area contributed by atoms with E-state index in [2.05, 4.69) is 63.1 Å². The summed E-state index contributed by atoms with van der Waals surface area (Å²) in [6, 6.07) is 8.42. The van der Waals surface area contributed by atoms with Crippen molar-refractivity contribution in [1.29, 1.82) is 0 Å². The van der Waals surface area contributed by atoms with Crippen molar-refractivity contribution in [2.24, 2.45) is 13.0 Å². The van der Waals surface area contributed by atoms with Crippen LogP contribution in [-0.4, -0.2) is 32.8 Å². The zero-order valence-corrected chi connectivity index (χ0v) is 18.0. The van der Waals surface area contributed by atoms with Gasteiger partial charge in [-0.15, -0.1) is 0 Å². The first-order valence-electron chi connectivity index (χ1n) is 10.1. The largest absolute Gasteiger partial charge is 0.347 e. The third-order valence-corrected chi connectivity index (χ3v) is 6.75. The summed E-state index contributed by atoms with van der Waals surface area (Å²) in [7, 11) is 1.93. The molecule has 0 spiro atoms. The molecule has 1 N–H and O–H groups in total.